The Balaban J connectivity index is 2.52. The fourth-order valence-corrected chi connectivity index (χ4v) is 2.25. The van der Waals surface area contributed by atoms with Gasteiger partial charge in [0, 0.05) is 19.4 Å². The van der Waals surface area contributed by atoms with Crippen molar-refractivity contribution in [2.75, 3.05) is 6.54 Å². The van der Waals surface area contributed by atoms with E-state index in [2.05, 4.69) is 6.58 Å². The van der Waals surface area contributed by atoms with E-state index in [1.54, 1.807) is 0 Å². The first-order chi connectivity index (χ1) is 8.08. The van der Waals surface area contributed by atoms with E-state index in [0.717, 1.165) is 32.0 Å². The summed E-state index contributed by atoms with van der Waals surface area (Å²) in [6.45, 7) is 5.23. The standard InChI is InChI=1S/C13H19NO3/c1-3-13(17)14(10(2)16)8-11-4-6-12(9-15)7-5-11/h3,9,11-12H,1,4-8H2,2H3. The van der Waals surface area contributed by atoms with Gasteiger partial charge in [-0.25, -0.2) is 0 Å². The van der Waals surface area contributed by atoms with E-state index in [9.17, 15) is 14.4 Å². The van der Waals surface area contributed by atoms with E-state index in [0.29, 0.717) is 12.5 Å². The number of nitrogens with zero attached hydrogens (tertiary/aromatic N) is 1. The molecular weight excluding hydrogens is 218 g/mol. The summed E-state index contributed by atoms with van der Waals surface area (Å²) in [6.07, 6.45) is 5.70. The van der Waals surface area contributed by atoms with Gasteiger partial charge in [-0.3, -0.25) is 14.5 Å². The van der Waals surface area contributed by atoms with Gasteiger partial charge in [0.15, 0.2) is 0 Å². The van der Waals surface area contributed by atoms with Crippen LogP contribution in [0.2, 0.25) is 0 Å². The monoisotopic (exact) mass is 237 g/mol. The zero-order chi connectivity index (χ0) is 12.8. The van der Waals surface area contributed by atoms with Crippen molar-refractivity contribution in [3.8, 4) is 0 Å². The van der Waals surface area contributed by atoms with E-state index in [-0.39, 0.29) is 17.7 Å². The summed E-state index contributed by atoms with van der Waals surface area (Å²) in [7, 11) is 0. The molecular formula is C13H19NO3. The molecule has 4 nitrogen and oxygen atoms in total. The molecule has 0 aromatic rings. The predicted molar refractivity (Wildman–Crippen MR) is 64.1 cm³/mol. The zero-order valence-electron chi connectivity index (χ0n) is 10.2. The Morgan fingerprint density at radius 3 is 2.29 bits per heavy atom. The molecule has 1 fully saturated rings. The van der Waals surface area contributed by atoms with Gasteiger partial charge >= 0.3 is 0 Å². The predicted octanol–water partition coefficient (Wildman–Crippen LogP) is 1.55. The Labute approximate surface area is 102 Å². The number of hydrogen-bond acceptors (Lipinski definition) is 3. The first kappa shape index (κ1) is 13.6. The van der Waals surface area contributed by atoms with Gasteiger partial charge < -0.3 is 4.79 Å². The fraction of sp³-hybridized carbons (Fsp3) is 0.615. The van der Waals surface area contributed by atoms with Gasteiger partial charge in [0.05, 0.1) is 0 Å². The van der Waals surface area contributed by atoms with Crippen LogP contribution < -0.4 is 0 Å². The minimum absolute atomic E-state index is 0.159. The highest BCUT2D eigenvalue weighted by atomic mass is 16.2. The third-order valence-electron chi connectivity index (χ3n) is 3.35. The zero-order valence-corrected chi connectivity index (χ0v) is 10.2. The molecule has 17 heavy (non-hydrogen) atoms. The van der Waals surface area contributed by atoms with Crippen LogP contribution in [0.4, 0.5) is 0 Å². The van der Waals surface area contributed by atoms with Crippen LogP contribution in [0.1, 0.15) is 32.6 Å². The molecule has 0 aromatic carbocycles. The highest BCUT2D eigenvalue weighted by Gasteiger charge is 2.25. The third-order valence-corrected chi connectivity index (χ3v) is 3.35. The van der Waals surface area contributed by atoms with Crippen molar-refractivity contribution in [3.63, 3.8) is 0 Å². The quantitative estimate of drug-likeness (QED) is 0.550. The first-order valence-electron chi connectivity index (χ1n) is 5.98. The number of carbonyl (C=O) groups is 3. The van der Waals surface area contributed by atoms with Crippen LogP contribution >= 0.6 is 0 Å². The summed E-state index contributed by atoms with van der Waals surface area (Å²) in [5, 5.41) is 0. The van der Waals surface area contributed by atoms with E-state index in [4.69, 9.17) is 0 Å². The smallest absolute Gasteiger partial charge is 0.252 e. The average molecular weight is 237 g/mol. The van der Waals surface area contributed by atoms with Crippen molar-refractivity contribution < 1.29 is 14.4 Å². The van der Waals surface area contributed by atoms with Crippen LogP contribution in [-0.4, -0.2) is 29.5 Å². The number of carbonyl (C=O) groups excluding carboxylic acids is 3. The molecule has 0 bridgehead atoms. The lowest BCUT2D eigenvalue weighted by Crippen LogP contribution is -2.38. The molecule has 0 saturated heterocycles. The lowest BCUT2D eigenvalue weighted by molar-refractivity contribution is -0.141. The van der Waals surface area contributed by atoms with Crippen LogP contribution in [-0.2, 0) is 14.4 Å². The first-order valence-corrected chi connectivity index (χ1v) is 5.98. The number of amides is 2. The van der Waals surface area contributed by atoms with Gasteiger partial charge in [-0.1, -0.05) is 6.58 Å². The van der Waals surface area contributed by atoms with E-state index < -0.39 is 0 Å². The highest BCUT2D eigenvalue weighted by Crippen LogP contribution is 2.28. The highest BCUT2D eigenvalue weighted by molar-refractivity contribution is 5.99. The van der Waals surface area contributed by atoms with Gasteiger partial charge in [0.25, 0.3) is 5.91 Å². The molecule has 0 aliphatic heterocycles. The lowest BCUT2D eigenvalue weighted by Gasteiger charge is -2.29. The summed E-state index contributed by atoms with van der Waals surface area (Å²) >= 11 is 0. The van der Waals surface area contributed by atoms with Gasteiger partial charge in [-0.15, -0.1) is 0 Å². The summed E-state index contributed by atoms with van der Waals surface area (Å²) in [6, 6.07) is 0. The minimum atomic E-state index is -0.338. The van der Waals surface area contributed by atoms with Gasteiger partial charge in [-0.05, 0) is 37.7 Å². The fourth-order valence-electron chi connectivity index (χ4n) is 2.25. The molecule has 0 heterocycles. The minimum Gasteiger partial charge on any atom is -0.303 e. The number of imide groups is 1. The van der Waals surface area contributed by atoms with Crippen molar-refractivity contribution in [1.29, 1.82) is 0 Å². The number of hydrogen-bond donors (Lipinski definition) is 0. The van der Waals surface area contributed by atoms with Crippen LogP contribution in [0.3, 0.4) is 0 Å². The van der Waals surface area contributed by atoms with Gasteiger partial charge in [-0.2, -0.15) is 0 Å². The van der Waals surface area contributed by atoms with Crippen molar-refractivity contribution in [1.82, 2.24) is 4.90 Å². The van der Waals surface area contributed by atoms with Gasteiger partial charge in [0.1, 0.15) is 6.29 Å². The Kier molecular flexibility index (Phi) is 5.07. The lowest BCUT2D eigenvalue weighted by atomic mass is 9.82. The average Bonchev–Trinajstić information content (AvgIpc) is 2.35. The molecule has 94 valence electrons. The van der Waals surface area contributed by atoms with Crippen LogP contribution in [0.25, 0.3) is 0 Å². The van der Waals surface area contributed by atoms with Crippen molar-refractivity contribution in [2.24, 2.45) is 11.8 Å². The molecule has 0 spiro atoms. The molecule has 0 aromatic heterocycles. The maximum atomic E-state index is 11.5. The molecule has 1 saturated carbocycles. The molecule has 4 heteroatoms. The number of rotatable bonds is 4. The molecule has 1 aliphatic rings. The molecule has 1 aliphatic carbocycles. The van der Waals surface area contributed by atoms with Crippen molar-refractivity contribution >= 4 is 18.1 Å². The molecule has 2 amide bonds. The summed E-state index contributed by atoms with van der Waals surface area (Å²) in [5.41, 5.74) is 0. The van der Waals surface area contributed by atoms with Crippen LogP contribution in [0, 0.1) is 11.8 Å². The molecule has 1 rings (SSSR count). The Bertz CT molecular complexity index is 317. The largest absolute Gasteiger partial charge is 0.303 e. The second-order valence-corrected chi connectivity index (χ2v) is 4.59. The molecule has 0 unspecified atom stereocenters. The molecule has 0 N–H and O–H groups in total. The Hall–Kier alpha value is -1.45. The summed E-state index contributed by atoms with van der Waals surface area (Å²) in [4.78, 5) is 34.7. The Morgan fingerprint density at radius 2 is 1.88 bits per heavy atom. The second kappa shape index (κ2) is 6.33. The third kappa shape index (κ3) is 3.80. The topological polar surface area (TPSA) is 54.5 Å². The van der Waals surface area contributed by atoms with Crippen LogP contribution in [0.5, 0.6) is 0 Å². The van der Waals surface area contributed by atoms with E-state index in [1.165, 1.54) is 17.9 Å². The summed E-state index contributed by atoms with van der Waals surface area (Å²) in [5.74, 6) is -0.103. The Morgan fingerprint density at radius 1 is 1.29 bits per heavy atom. The summed E-state index contributed by atoms with van der Waals surface area (Å²) < 4.78 is 0. The maximum absolute atomic E-state index is 11.5. The van der Waals surface area contributed by atoms with Crippen molar-refractivity contribution in [3.05, 3.63) is 12.7 Å². The SMILES string of the molecule is C=CC(=O)N(CC1CCC(C=O)CC1)C(C)=O. The van der Waals surface area contributed by atoms with Crippen molar-refractivity contribution in [2.45, 2.75) is 32.6 Å². The normalized spacial score (nSPS) is 23.8. The van der Waals surface area contributed by atoms with E-state index in [1.807, 2.05) is 0 Å². The van der Waals surface area contributed by atoms with Gasteiger partial charge in [0.2, 0.25) is 5.91 Å². The van der Waals surface area contributed by atoms with E-state index >= 15 is 0 Å². The maximum Gasteiger partial charge on any atom is 0.252 e. The second-order valence-electron chi connectivity index (χ2n) is 4.59. The van der Waals surface area contributed by atoms with Crippen LogP contribution in [0.15, 0.2) is 12.7 Å². The number of aldehydes is 1. The molecule has 0 radical (unpaired) electrons. The molecule has 0 atom stereocenters.